The molecule has 0 saturated heterocycles. The average molecular weight is 350 g/mol. The molecule has 1 aliphatic rings. The number of nitrogens with zero attached hydrogens (tertiary/aromatic N) is 1. The highest BCUT2D eigenvalue weighted by atomic mass is 32.2. The van der Waals surface area contributed by atoms with Crippen molar-refractivity contribution in [1.29, 1.82) is 0 Å². The Kier molecular flexibility index (Phi) is 6.57. The highest BCUT2D eigenvalue weighted by molar-refractivity contribution is 7.89. The van der Waals surface area contributed by atoms with E-state index in [4.69, 9.17) is 0 Å². The first kappa shape index (κ1) is 18.7. The summed E-state index contributed by atoms with van der Waals surface area (Å²) in [6.45, 7) is 4.97. The van der Waals surface area contributed by atoms with Crippen LogP contribution in [-0.4, -0.2) is 31.7 Å². The molecule has 6 heteroatoms. The quantitative estimate of drug-likeness (QED) is 0.769. The van der Waals surface area contributed by atoms with Gasteiger partial charge in [0.15, 0.2) is 0 Å². The minimum Gasteiger partial charge on any atom is -0.352 e. The number of benzene rings is 1. The number of rotatable bonds is 7. The zero-order valence-corrected chi connectivity index (χ0v) is 15.2. The van der Waals surface area contributed by atoms with Gasteiger partial charge < -0.3 is 5.32 Å². The standard InChI is InChI=1S/C18H26N2O3S/c1-3-20(4-2)24(22,23)17-12-10-15(11-13-17)14-19-18(21)16-8-6-5-7-9-16/h5-6,10-13,16H,3-4,7-9,14H2,1-2H3,(H,19,21). The van der Waals surface area contributed by atoms with Crippen LogP contribution in [0, 0.1) is 5.92 Å². The lowest BCUT2D eigenvalue weighted by Crippen LogP contribution is -2.31. The van der Waals surface area contributed by atoms with E-state index < -0.39 is 10.0 Å². The van der Waals surface area contributed by atoms with E-state index >= 15 is 0 Å². The van der Waals surface area contributed by atoms with Gasteiger partial charge >= 0.3 is 0 Å². The van der Waals surface area contributed by atoms with E-state index in [0.29, 0.717) is 24.5 Å². The van der Waals surface area contributed by atoms with Crippen LogP contribution in [0.15, 0.2) is 41.3 Å². The van der Waals surface area contributed by atoms with E-state index in [1.165, 1.54) is 4.31 Å². The fourth-order valence-electron chi connectivity index (χ4n) is 2.86. The van der Waals surface area contributed by atoms with Crippen LogP contribution >= 0.6 is 0 Å². The minimum absolute atomic E-state index is 0.0531. The maximum Gasteiger partial charge on any atom is 0.243 e. The molecule has 0 aromatic heterocycles. The molecule has 0 fully saturated rings. The third-order valence-corrected chi connectivity index (χ3v) is 6.44. The van der Waals surface area contributed by atoms with E-state index in [9.17, 15) is 13.2 Å². The lowest BCUT2D eigenvalue weighted by Gasteiger charge is -2.19. The Bertz CT molecular complexity index is 677. The van der Waals surface area contributed by atoms with Crippen LogP contribution in [0.25, 0.3) is 0 Å². The number of allylic oxidation sites excluding steroid dienone is 2. The maximum atomic E-state index is 12.4. The summed E-state index contributed by atoms with van der Waals surface area (Å²) in [7, 11) is -3.43. The number of sulfonamides is 1. The van der Waals surface area contributed by atoms with Gasteiger partial charge in [-0.1, -0.05) is 38.1 Å². The molecule has 0 bridgehead atoms. The molecule has 0 radical (unpaired) electrons. The van der Waals surface area contributed by atoms with E-state index in [1.54, 1.807) is 24.3 Å². The summed E-state index contributed by atoms with van der Waals surface area (Å²) in [5, 5.41) is 2.94. The molecular formula is C18H26N2O3S. The molecule has 1 unspecified atom stereocenters. The molecule has 1 aromatic rings. The molecular weight excluding hydrogens is 324 g/mol. The second-order valence-electron chi connectivity index (χ2n) is 5.93. The summed E-state index contributed by atoms with van der Waals surface area (Å²) in [5.41, 5.74) is 0.896. The van der Waals surface area contributed by atoms with Crippen LogP contribution in [0.3, 0.4) is 0 Å². The fraction of sp³-hybridized carbons (Fsp3) is 0.500. The largest absolute Gasteiger partial charge is 0.352 e. The Morgan fingerprint density at radius 1 is 1.17 bits per heavy atom. The van der Waals surface area contributed by atoms with Crippen LogP contribution in [-0.2, 0) is 21.4 Å². The van der Waals surface area contributed by atoms with Gasteiger partial charge in [0, 0.05) is 25.6 Å². The van der Waals surface area contributed by atoms with Gasteiger partial charge in [0.25, 0.3) is 0 Å². The van der Waals surface area contributed by atoms with Gasteiger partial charge in [0.05, 0.1) is 4.90 Å². The Morgan fingerprint density at radius 3 is 2.38 bits per heavy atom. The topological polar surface area (TPSA) is 66.5 Å². The van der Waals surface area contributed by atoms with Gasteiger partial charge in [-0.2, -0.15) is 4.31 Å². The Balaban J connectivity index is 1.97. The van der Waals surface area contributed by atoms with Crippen molar-refractivity contribution in [1.82, 2.24) is 9.62 Å². The molecule has 1 aromatic carbocycles. The Morgan fingerprint density at radius 2 is 1.83 bits per heavy atom. The lowest BCUT2D eigenvalue weighted by atomic mass is 9.93. The molecule has 1 aliphatic carbocycles. The highest BCUT2D eigenvalue weighted by Gasteiger charge is 2.21. The predicted molar refractivity (Wildman–Crippen MR) is 94.9 cm³/mol. The first-order chi connectivity index (χ1) is 11.5. The minimum atomic E-state index is -3.43. The first-order valence-electron chi connectivity index (χ1n) is 8.50. The van der Waals surface area contributed by atoms with Crippen molar-refractivity contribution >= 4 is 15.9 Å². The van der Waals surface area contributed by atoms with Crippen molar-refractivity contribution in [2.45, 2.75) is 44.6 Å². The number of carbonyl (C=O) groups is 1. The number of carbonyl (C=O) groups excluding carboxylic acids is 1. The number of hydrogen-bond acceptors (Lipinski definition) is 3. The van der Waals surface area contributed by atoms with Crippen LogP contribution in [0.5, 0.6) is 0 Å². The third-order valence-electron chi connectivity index (χ3n) is 4.37. The molecule has 0 spiro atoms. The molecule has 132 valence electrons. The SMILES string of the molecule is CCN(CC)S(=O)(=O)c1ccc(CNC(=O)C2CC=CCC2)cc1. The second-order valence-corrected chi connectivity index (χ2v) is 7.87. The number of amides is 1. The zero-order chi connectivity index (χ0) is 17.6. The summed E-state index contributed by atoms with van der Waals surface area (Å²) in [5.74, 6) is 0.122. The summed E-state index contributed by atoms with van der Waals surface area (Å²) in [4.78, 5) is 12.4. The highest BCUT2D eigenvalue weighted by Crippen LogP contribution is 2.19. The van der Waals surface area contributed by atoms with E-state index in [-0.39, 0.29) is 11.8 Å². The van der Waals surface area contributed by atoms with E-state index in [1.807, 2.05) is 13.8 Å². The summed E-state index contributed by atoms with van der Waals surface area (Å²) in [6, 6.07) is 6.74. The molecule has 24 heavy (non-hydrogen) atoms. The van der Waals surface area contributed by atoms with Crippen LogP contribution < -0.4 is 5.32 Å². The van der Waals surface area contributed by atoms with E-state index in [0.717, 1.165) is 24.8 Å². The monoisotopic (exact) mass is 350 g/mol. The van der Waals surface area contributed by atoms with Crippen molar-refractivity contribution in [3.05, 3.63) is 42.0 Å². The smallest absolute Gasteiger partial charge is 0.243 e. The molecule has 0 saturated carbocycles. The molecule has 0 aliphatic heterocycles. The third kappa shape index (κ3) is 4.45. The fourth-order valence-corrected chi connectivity index (χ4v) is 4.32. The van der Waals surface area contributed by atoms with Crippen molar-refractivity contribution < 1.29 is 13.2 Å². The van der Waals surface area contributed by atoms with Crippen molar-refractivity contribution in [2.75, 3.05) is 13.1 Å². The maximum absolute atomic E-state index is 12.4. The lowest BCUT2D eigenvalue weighted by molar-refractivity contribution is -0.125. The van der Waals surface area contributed by atoms with Gasteiger partial charge in [-0.05, 0) is 37.0 Å². The molecule has 0 heterocycles. The summed E-state index contributed by atoms with van der Waals surface area (Å²) < 4.78 is 26.3. The molecule has 5 nitrogen and oxygen atoms in total. The van der Waals surface area contributed by atoms with Gasteiger partial charge in [-0.3, -0.25) is 4.79 Å². The van der Waals surface area contributed by atoms with E-state index in [2.05, 4.69) is 17.5 Å². The molecule has 1 amide bonds. The van der Waals surface area contributed by atoms with Crippen LogP contribution in [0.1, 0.15) is 38.7 Å². The first-order valence-corrected chi connectivity index (χ1v) is 9.94. The predicted octanol–water partition coefficient (Wildman–Crippen LogP) is 2.69. The number of nitrogens with one attached hydrogen (secondary N) is 1. The van der Waals surface area contributed by atoms with Crippen molar-refractivity contribution in [3.8, 4) is 0 Å². The van der Waals surface area contributed by atoms with Crippen LogP contribution in [0.4, 0.5) is 0 Å². The van der Waals surface area contributed by atoms with Crippen molar-refractivity contribution in [2.24, 2.45) is 5.92 Å². The van der Waals surface area contributed by atoms with Crippen molar-refractivity contribution in [3.63, 3.8) is 0 Å². The molecule has 1 N–H and O–H groups in total. The molecule has 2 rings (SSSR count). The normalized spacial score (nSPS) is 17.9. The average Bonchev–Trinajstić information content (AvgIpc) is 2.61. The Labute approximate surface area is 144 Å². The number of hydrogen-bond donors (Lipinski definition) is 1. The second kappa shape index (κ2) is 8.44. The van der Waals surface area contributed by atoms with Gasteiger partial charge in [0.1, 0.15) is 0 Å². The van der Waals surface area contributed by atoms with Crippen LogP contribution in [0.2, 0.25) is 0 Å². The van der Waals surface area contributed by atoms with Gasteiger partial charge in [-0.25, -0.2) is 8.42 Å². The molecule has 1 atom stereocenters. The van der Waals surface area contributed by atoms with Gasteiger partial charge in [0.2, 0.25) is 15.9 Å². The van der Waals surface area contributed by atoms with Gasteiger partial charge in [-0.15, -0.1) is 0 Å². The zero-order valence-electron chi connectivity index (χ0n) is 14.4. The summed E-state index contributed by atoms with van der Waals surface area (Å²) in [6.07, 6.45) is 6.81. The Hall–Kier alpha value is -1.66. The summed E-state index contributed by atoms with van der Waals surface area (Å²) >= 11 is 0.